The Labute approximate surface area is 192 Å². The molecule has 1 fully saturated rings. The summed E-state index contributed by atoms with van der Waals surface area (Å²) in [5, 5.41) is 2.90. The zero-order chi connectivity index (χ0) is 23.1. The van der Waals surface area contributed by atoms with Gasteiger partial charge in [0.05, 0.1) is 10.6 Å². The van der Waals surface area contributed by atoms with E-state index in [0.29, 0.717) is 12.2 Å². The van der Waals surface area contributed by atoms with Crippen LogP contribution in [0.2, 0.25) is 0 Å². The molecule has 0 atom stereocenters. The highest BCUT2D eigenvalue weighted by molar-refractivity contribution is 7.92. The molecule has 3 rings (SSSR count). The van der Waals surface area contributed by atoms with Crippen LogP contribution in [0.15, 0.2) is 53.4 Å². The molecule has 1 saturated heterocycles. The van der Waals surface area contributed by atoms with Crippen molar-refractivity contribution in [3.05, 3.63) is 59.7 Å². The first-order valence-corrected chi connectivity index (χ1v) is 12.5. The van der Waals surface area contributed by atoms with E-state index < -0.39 is 10.0 Å². The number of aryl methyl sites for hydroxylation is 2. The summed E-state index contributed by atoms with van der Waals surface area (Å²) < 4.78 is 28.1. The number of nitrogens with zero attached hydrogens (tertiary/aromatic N) is 3. The van der Waals surface area contributed by atoms with Crippen LogP contribution in [-0.4, -0.2) is 77.0 Å². The third-order valence-corrected chi connectivity index (χ3v) is 7.62. The molecule has 0 radical (unpaired) electrons. The number of carbonyl (C=O) groups is 1. The van der Waals surface area contributed by atoms with Crippen LogP contribution in [0.4, 0.5) is 5.69 Å². The van der Waals surface area contributed by atoms with Crippen LogP contribution >= 0.6 is 0 Å². The molecule has 0 aliphatic carbocycles. The number of anilines is 1. The molecule has 1 N–H and O–H groups in total. The zero-order valence-electron chi connectivity index (χ0n) is 19.3. The molecule has 1 aliphatic heterocycles. The number of piperazine rings is 1. The minimum absolute atomic E-state index is 0.175. The van der Waals surface area contributed by atoms with Gasteiger partial charge in [-0.2, -0.15) is 0 Å². The summed E-state index contributed by atoms with van der Waals surface area (Å²) in [4.78, 5) is 17.6. The number of carbonyl (C=O) groups excluding carboxylic acids is 1. The van der Waals surface area contributed by atoms with Gasteiger partial charge in [0.2, 0.25) is 5.91 Å². The van der Waals surface area contributed by atoms with E-state index in [2.05, 4.69) is 22.2 Å². The highest BCUT2D eigenvalue weighted by Gasteiger charge is 2.28. The van der Waals surface area contributed by atoms with Gasteiger partial charge in [0.25, 0.3) is 10.0 Å². The summed E-state index contributed by atoms with van der Waals surface area (Å²) in [5.41, 5.74) is 2.29. The molecule has 1 heterocycles. The van der Waals surface area contributed by atoms with E-state index >= 15 is 0 Å². The van der Waals surface area contributed by atoms with E-state index in [0.717, 1.165) is 50.3 Å². The molecule has 0 unspecified atom stereocenters. The maximum absolute atomic E-state index is 13.4. The molecule has 0 saturated carbocycles. The van der Waals surface area contributed by atoms with Gasteiger partial charge in [0, 0.05) is 32.7 Å². The van der Waals surface area contributed by atoms with Crippen LogP contribution in [0.5, 0.6) is 0 Å². The fraction of sp³-hybridized carbons (Fsp3) is 0.458. The van der Waals surface area contributed by atoms with Crippen molar-refractivity contribution < 1.29 is 13.2 Å². The molecule has 32 heavy (non-hydrogen) atoms. The summed E-state index contributed by atoms with van der Waals surface area (Å²) in [6.07, 6.45) is 0.838. The Morgan fingerprint density at radius 2 is 1.66 bits per heavy atom. The Kier molecular flexibility index (Phi) is 8.28. The first-order chi connectivity index (χ1) is 15.3. The van der Waals surface area contributed by atoms with Crippen molar-refractivity contribution >= 4 is 21.6 Å². The van der Waals surface area contributed by atoms with E-state index in [-0.39, 0.29) is 17.3 Å². The summed E-state index contributed by atoms with van der Waals surface area (Å²) in [7, 11) is -1.75. The van der Waals surface area contributed by atoms with Crippen molar-refractivity contribution in [3.8, 4) is 0 Å². The fourth-order valence-corrected chi connectivity index (χ4v) is 5.25. The smallest absolute Gasteiger partial charge is 0.264 e. The highest BCUT2D eigenvalue weighted by atomic mass is 32.2. The number of sulfonamides is 1. The number of hydrogen-bond acceptors (Lipinski definition) is 5. The molecule has 2 aromatic carbocycles. The third kappa shape index (κ3) is 6.31. The average Bonchev–Trinajstić information content (AvgIpc) is 2.77. The Bertz CT molecular complexity index is 1000. The zero-order valence-corrected chi connectivity index (χ0v) is 20.1. The molecule has 0 aromatic heterocycles. The third-order valence-electron chi connectivity index (χ3n) is 5.85. The number of para-hydroxylation sites is 1. The number of rotatable bonds is 9. The molecule has 174 valence electrons. The lowest BCUT2D eigenvalue weighted by Gasteiger charge is -2.32. The molecule has 2 aromatic rings. The monoisotopic (exact) mass is 458 g/mol. The van der Waals surface area contributed by atoms with Gasteiger partial charge >= 0.3 is 0 Å². The molecule has 8 heteroatoms. The second kappa shape index (κ2) is 10.9. The molecule has 0 bridgehead atoms. The lowest BCUT2D eigenvalue weighted by atomic mass is 10.2. The van der Waals surface area contributed by atoms with Gasteiger partial charge in [-0.3, -0.25) is 9.10 Å². The van der Waals surface area contributed by atoms with Gasteiger partial charge in [-0.05, 0) is 57.6 Å². The van der Waals surface area contributed by atoms with E-state index in [4.69, 9.17) is 0 Å². The summed E-state index contributed by atoms with van der Waals surface area (Å²) >= 11 is 0. The topological polar surface area (TPSA) is 73.0 Å². The molecular weight excluding hydrogens is 424 g/mol. The van der Waals surface area contributed by atoms with Crippen LogP contribution < -0.4 is 9.62 Å². The van der Waals surface area contributed by atoms with Crippen LogP contribution in [0.1, 0.15) is 17.5 Å². The number of hydrogen-bond donors (Lipinski definition) is 1. The van der Waals surface area contributed by atoms with Crippen molar-refractivity contribution in [2.24, 2.45) is 0 Å². The standard InChI is InChI=1S/C24H34N4O3S/c1-20-9-11-22(12-10-20)32(30,31)28(23-8-5-4-7-21(23)2)19-24(29)25-13-6-14-27-17-15-26(3)16-18-27/h4-5,7-12H,6,13-19H2,1-3H3,(H,25,29). The highest BCUT2D eigenvalue weighted by Crippen LogP contribution is 2.26. The van der Waals surface area contributed by atoms with Gasteiger partial charge in [-0.1, -0.05) is 35.9 Å². The maximum atomic E-state index is 13.4. The molecule has 1 amide bonds. The molecular formula is C24H34N4O3S. The lowest BCUT2D eigenvalue weighted by molar-refractivity contribution is -0.119. The minimum Gasteiger partial charge on any atom is -0.354 e. The van der Waals surface area contributed by atoms with Gasteiger partial charge in [0.15, 0.2) is 0 Å². The van der Waals surface area contributed by atoms with Gasteiger partial charge < -0.3 is 15.1 Å². The van der Waals surface area contributed by atoms with Gasteiger partial charge in [0.1, 0.15) is 6.54 Å². The van der Waals surface area contributed by atoms with Crippen molar-refractivity contribution in [3.63, 3.8) is 0 Å². The van der Waals surface area contributed by atoms with Crippen molar-refractivity contribution in [1.82, 2.24) is 15.1 Å². The molecule has 0 spiro atoms. The molecule has 7 nitrogen and oxygen atoms in total. The Balaban J connectivity index is 1.66. The minimum atomic E-state index is -3.88. The number of nitrogens with one attached hydrogen (secondary N) is 1. The van der Waals surface area contributed by atoms with Crippen LogP contribution in [0.3, 0.4) is 0 Å². The predicted molar refractivity (Wildman–Crippen MR) is 128 cm³/mol. The van der Waals surface area contributed by atoms with Gasteiger partial charge in [-0.15, -0.1) is 0 Å². The quantitative estimate of drug-likeness (QED) is 0.584. The SMILES string of the molecule is Cc1ccc(S(=O)(=O)N(CC(=O)NCCCN2CCN(C)CC2)c2ccccc2C)cc1. The molecule has 1 aliphatic rings. The van der Waals surface area contributed by atoms with Crippen molar-refractivity contribution in [2.45, 2.75) is 25.2 Å². The first kappa shape index (κ1) is 24.2. The summed E-state index contributed by atoms with van der Waals surface area (Å²) in [6, 6.07) is 13.9. The second-order valence-corrected chi connectivity index (χ2v) is 10.3. The average molecular weight is 459 g/mol. The van der Waals surface area contributed by atoms with Crippen molar-refractivity contribution in [2.75, 3.05) is 57.2 Å². The summed E-state index contributed by atoms with van der Waals surface area (Å²) in [5.74, 6) is -0.303. The number of benzene rings is 2. The number of amides is 1. The van der Waals surface area contributed by atoms with Crippen LogP contribution in [-0.2, 0) is 14.8 Å². The Morgan fingerprint density at radius 3 is 2.31 bits per heavy atom. The van der Waals surface area contributed by atoms with Gasteiger partial charge in [-0.25, -0.2) is 8.42 Å². The normalized spacial score (nSPS) is 15.5. The second-order valence-electron chi connectivity index (χ2n) is 8.46. The van der Waals surface area contributed by atoms with E-state index in [1.54, 1.807) is 36.4 Å². The van der Waals surface area contributed by atoms with E-state index in [1.165, 1.54) is 4.31 Å². The van der Waals surface area contributed by atoms with Crippen LogP contribution in [0.25, 0.3) is 0 Å². The Hall–Kier alpha value is -2.42. The largest absolute Gasteiger partial charge is 0.354 e. The Morgan fingerprint density at radius 1 is 1.00 bits per heavy atom. The maximum Gasteiger partial charge on any atom is 0.264 e. The van der Waals surface area contributed by atoms with E-state index in [1.807, 2.05) is 26.0 Å². The lowest BCUT2D eigenvalue weighted by Crippen LogP contribution is -2.45. The predicted octanol–water partition coefficient (Wildman–Crippen LogP) is 2.25. The number of likely N-dealkylation sites (N-methyl/N-ethyl adjacent to an activating group) is 1. The van der Waals surface area contributed by atoms with Crippen LogP contribution in [0, 0.1) is 13.8 Å². The summed E-state index contributed by atoms with van der Waals surface area (Å²) in [6.45, 7) is 9.17. The van der Waals surface area contributed by atoms with E-state index in [9.17, 15) is 13.2 Å². The fourth-order valence-electron chi connectivity index (χ4n) is 3.77. The first-order valence-electron chi connectivity index (χ1n) is 11.1. The van der Waals surface area contributed by atoms with Crippen molar-refractivity contribution in [1.29, 1.82) is 0 Å².